The molecule has 0 aromatic heterocycles. The van der Waals surface area contributed by atoms with E-state index in [1.807, 2.05) is 0 Å². The number of carbonyl (C=O) groups is 1. The van der Waals surface area contributed by atoms with E-state index in [2.05, 4.69) is 0 Å². The fraction of sp³-hybridized carbons (Fsp3) is 0.500. The standard InChI is InChI=1S/C14H18F2O4S/c1-4-8(3)21(19,20)12-9(5-2)10(14(17)18)6-7-11(12)13(15)16/h6-8,13H,4-5H2,1-3H3,(H,17,18)/t8-/m1/s1. The van der Waals surface area contributed by atoms with Gasteiger partial charge in [0.25, 0.3) is 6.43 Å². The lowest BCUT2D eigenvalue weighted by molar-refractivity contribution is 0.0694. The fourth-order valence-corrected chi connectivity index (χ4v) is 4.05. The summed E-state index contributed by atoms with van der Waals surface area (Å²) in [6.45, 7) is 4.61. The first-order valence-corrected chi connectivity index (χ1v) is 8.14. The van der Waals surface area contributed by atoms with Gasteiger partial charge in [0.15, 0.2) is 9.84 Å². The zero-order chi connectivity index (χ0) is 16.4. The van der Waals surface area contributed by atoms with Gasteiger partial charge in [0, 0.05) is 5.56 Å². The lowest BCUT2D eigenvalue weighted by Crippen LogP contribution is -2.22. The highest BCUT2D eigenvalue weighted by Gasteiger charge is 2.32. The molecule has 1 N–H and O–H groups in total. The summed E-state index contributed by atoms with van der Waals surface area (Å²) in [5.74, 6) is -1.33. The lowest BCUT2D eigenvalue weighted by Gasteiger charge is -2.19. The Morgan fingerprint density at radius 2 is 1.86 bits per heavy atom. The van der Waals surface area contributed by atoms with Gasteiger partial charge in [-0.15, -0.1) is 0 Å². The Balaban J connectivity index is 3.82. The molecule has 0 aliphatic heterocycles. The van der Waals surface area contributed by atoms with Crippen molar-refractivity contribution in [1.82, 2.24) is 0 Å². The SMILES string of the molecule is CCc1c(C(=O)O)ccc(C(F)F)c1S(=O)(=O)[C@H](C)CC. The topological polar surface area (TPSA) is 71.4 Å². The van der Waals surface area contributed by atoms with Crippen molar-refractivity contribution in [3.63, 3.8) is 0 Å². The molecule has 0 amide bonds. The Hall–Kier alpha value is -1.50. The molecule has 0 aliphatic carbocycles. The average molecular weight is 320 g/mol. The van der Waals surface area contributed by atoms with Crippen molar-refractivity contribution >= 4 is 15.8 Å². The summed E-state index contributed by atoms with van der Waals surface area (Å²) in [4.78, 5) is 10.7. The summed E-state index contributed by atoms with van der Waals surface area (Å²) < 4.78 is 51.4. The van der Waals surface area contributed by atoms with E-state index >= 15 is 0 Å². The summed E-state index contributed by atoms with van der Waals surface area (Å²) in [6, 6.07) is 1.93. The van der Waals surface area contributed by atoms with Gasteiger partial charge < -0.3 is 5.11 Å². The van der Waals surface area contributed by atoms with Gasteiger partial charge in [0.1, 0.15) is 0 Å². The monoisotopic (exact) mass is 320 g/mol. The Bertz CT molecular complexity index is 639. The zero-order valence-electron chi connectivity index (χ0n) is 12.1. The molecule has 118 valence electrons. The number of benzene rings is 1. The number of sulfone groups is 1. The van der Waals surface area contributed by atoms with E-state index in [1.54, 1.807) is 13.8 Å². The Labute approximate surface area is 122 Å². The van der Waals surface area contributed by atoms with Crippen molar-refractivity contribution in [2.45, 2.75) is 50.2 Å². The molecule has 0 fully saturated rings. The highest BCUT2D eigenvalue weighted by atomic mass is 32.2. The van der Waals surface area contributed by atoms with E-state index in [-0.39, 0.29) is 24.0 Å². The smallest absolute Gasteiger partial charge is 0.336 e. The van der Waals surface area contributed by atoms with Gasteiger partial charge in [0.05, 0.1) is 15.7 Å². The van der Waals surface area contributed by atoms with E-state index in [0.29, 0.717) is 0 Å². The molecule has 0 saturated carbocycles. The summed E-state index contributed by atoms with van der Waals surface area (Å²) in [5.41, 5.74) is -0.929. The molecule has 1 rings (SSSR count). The van der Waals surface area contributed by atoms with Crippen LogP contribution in [0.25, 0.3) is 0 Å². The summed E-state index contributed by atoms with van der Waals surface area (Å²) in [5, 5.41) is 8.27. The number of halogens is 2. The number of aromatic carboxylic acids is 1. The average Bonchev–Trinajstić information content (AvgIpc) is 2.43. The number of alkyl halides is 2. The van der Waals surface area contributed by atoms with Crippen LogP contribution in [0.3, 0.4) is 0 Å². The molecule has 0 bridgehead atoms. The molecule has 0 unspecified atom stereocenters. The number of carboxylic acids is 1. The van der Waals surface area contributed by atoms with Crippen molar-refractivity contribution in [3.05, 3.63) is 28.8 Å². The van der Waals surface area contributed by atoms with E-state index in [4.69, 9.17) is 5.11 Å². The van der Waals surface area contributed by atoms with Crippen LogP contribution < -0.4 is 0 Å². The molecule has 0 aliphatic rings. The zero-order valence-corrected chi connectivity index (χ0v) is 12.9. The van der Waals surface area contributed by atoms with Crippen LogP contribution in [-0.2, 0) is 16.3 Å². The third-order valence-corrected chi connectivity index (χ3v) is 5.94. The van der Waals surface area contributed by atoms with Gasteiger partial charge in [-0.25, -0.2) is 22.0 Å². The summed E-state index contributed by atoms with van der Waals surface area (Å²) in [7, 11) is -4.01. The quantitative estimate of drug-likeness (QED) is 0.871. The van der Waals surface area contributed by atoms with Gasteiger partial charge in [-0.05, 0) is 31.4 Å². The normalized spacial score (nSPS) is 13.4. The van der Waals surface area contributed by atoms with Crippen molar-refractivity contribution in [3.8, 4) is 0 Å². The molecule has 7 heteroatoms. The number of carboxylic acid groups (broad SMARTS) is 1. The Morgan fingerprint density at radius 3 is 2.24 bits per heavy atom. The highest BCUT2D eigenvalue weighted by molar-refractivity contribution is 7.92. The van der Waals surface area contributed by atoms with Crippen molar-refractivity contribution < 1.29 is 27.1 Å². The molecule has 1 aromatic rings. The maximum atomic E-state index is 13.2. The minimum atomic E-state index is -4.01. The van der Waals surface area contributed by atoms with Gasteiger partial charge in [-0.3, -0.25) is 0 Å². The molecule has 0 heterocycles. The summed E-state index contributed by atoms with van der Waals surface area (Å²) >= 11 is 0. The minimum absolute atomic E-state index is 0.0488. The van der Waals surface area contributed by atoms with Crippen molar-refractivity contribution in [2.75, 3.05) is 0 Å². The van der Waals surface area contributed by atoms with Gasteiger partial charge in [-0.2, -0.15) is 0 Å². The first kappa shape index (κ1) is 17.6. The number of hydrogen-bond donors (Lipinski definition) is 1. The minimum Gasteiger partial charge on any atom is -0.478 e. The molecule has 0 radical (unpaired) electrons. The van der Waals surface area contributed by atoms with Gasteiger partial charge in [-0.1, -0.05) is 19.9 Å². The van der Waals surface area contributed by atoms with Gasteiger partial charge >= 0.3 is 5.97 Å². The maximum Gasteiger partial charge on any atom is 0.336 e. The summed E-state index contributed by atoms with van der Waals surface area (Å²) in [6.07, 6.45) is -2.68. The van der Waals surface area contributed by atoms with Crippen LogP contribution in [0, 0.1) is 0 Å². The molecule has 1 atom stereocenters. The van der Waals surface area contributed by atoms with E-state index in [1.165, 1.54) is 6.92 Å². The van der Waals surface area contributed by atoms with Crippen LogP contribution in [0.2, 0.25) is 0 Å². The maximum absolute atomic E-state index is 13.2. The van der Waals surface area contributed by atoms with Crippen LogP contribution in [0.1, 0.15) is 55.1 Å². The largest absolute Gasteiger partial charge is 0.478 e. The molecule has 4 nitrogen and oxygen atoms in total. The second-order valence-electron chi connectivity index (χ2n) is 4.73. The molecular weight excluding hydrogens is 302 g/mol. The highest BCUT2D eigenvalue weighted by Crippen LogP contribution is 2.34. The molecule has 0 saturated heterocycles. The second kappa shape index (κ2) is 6.51. The molecule has 21 heavy (non-hydrogen) atoms. The Kier molecular flexibility index (Phi) is 5.44. The van der Waals surface area contributed by atoms with Crippen molar-refractivity contribution in [1.29, 1.82) is 0 Å². The van der Waals surface area contributed by atoms with Crippen LogP contribution in [0.4, 0.5) is 8.78 Å². The Morgan fingerprint density at radius 1 is 1.29 bits per heavy atom. The van der Waals surface area contributed by atoms with Crippen LogP contribution in [0.15, 0.2) is 17.0 Å². The van der Waals surface area contributed by atoms with E-state index in [9.17, 15) is 22.0 Å². The fourth-order valence-electron chi connectivity index (χ4n) is 2.13. The third kappa shape index (κ3) is 3.23. The van der Waals surface area contributed by atoms with Crippen LogP contribution in [-0.4, -0.2) is 24.7 Å². The molecule has 0 spiro atoms. The van der Waals surface area contributed by atoms with E-state index < -0.39 is 37.9 Å². The second-order valence-corrected chi connectivity index (χ2v) is 7.04. The van der Waals surface area contributed by atoms with Crippen LogP contribution in [0.5, 0.6) is 0 Å². The van der Waals surface area contributed by atoms with Crippen LogP contribution >= 0.6 is 0 Å². The van der Waals surface area contributed by atoms with Crippen molar-refractivity contribution in [2.24, 2.45) is 0 Å². The number of rotatable bonds is 6. The predicted octanol–water partition coefficient (Wildman–Crippen LogP) is 3.46. The number of hydrogen-bond acceptors (Lipinski definition) is 3. The predicted molar refractivity (Wildman–Crippen MR) is 74.7 cm³/mol. The molecular formula is C14H18F2O4S. The molecule has 1 aromatic carbocycles. The first-order valence-electron chi connectivity index (χ1n) is 6.59. The lowest BCUT2D eigenvalue weighted by atomic mass is 10.0. The first-order chi connectivity index (χ1) is 9.68. The van der Waals surface area contributed by atoms with E-state index in [0.717, 1.165) is 12.1 Å². The van der Waals surface area contributed by atoms with Gasteiger partial charge in [0.2, 0.25) is 0 Å². The third-order valence-electron chi connectivity index (χ3n) is 3.50.